The molecule has 0 saturated heterocycles. The minimum Gasteiger partial charge on any atom is -0.253 e. The molecular formula is C15H18ClN. The highest BCUT2D eigenvalue weighted by atomic mass is 35.5. The maximum atomic E-state index is 6.30. The summed E-state index contributed by atoms with van der Waals surface area (Å²) >= 11 is 6.30. The van der Waals surface area contributed by atoms with Gasteiger partial charge in [0.1, 0.15) is 0 Å². The third-order valence-corrected chi connectivity index (χ3v) is 3.41. The van der Waals surface area contributed by atoms with Crippen molar-refractivity contribution in [2.75, 3.05) is 0 Å². The number of nitrogens with zero attached hydrogens (tertiary/aromatic N) is 1. The van der Waals surface area contributed by atoms with Gasteiger partial charge in [-0.1, -0.05) is 31.5 Å². The van der Waals surface area contributed by atoms with Crippen molar-refractivity contribution in [2.45, 2.75) is 38.5 Å². The fourth-order valence-corrected chi connectivity index (χ4v) is 2.46. The van der Waals surface area contributed by atoms with E-state index in [0.29, 0.717) is 0 Å². The Kier molecular flexibility index (Phi) is 4.01. The quantitative estimate of drug-likeness (QED) is 0.726. The van der Waals surface area contributed by atoms with E-state index in [-0.39, 0.29) is 5.38 Å². The molecule has 0 bridgehead atoms. The fourth-order valence-electron chi connectivity index (χ4n) is 2.09. The summed E-state index contributed by atoms with van der Waals surface area (Å²) in [4.78, 5) is 4.71. The van der Waals surface area contributed by atoms with Crippen molar-refractivity contribution < 1.29 is 0 Å². The van der Waals surface area contributed by atoms with E-state index in [0.717, 1.165) is 30.5 Å². The molecule has 2 heteroatoms. The van der Waals surface area contributed by atoms with Gasteiger partial charge in [0.25, 0.3) is 0 Å². The molecule has 1 heterocycles. The zero-order valence-electron chi connectivity index (χ0n) is 10.4. The topological polar surface area (TPSA) is 12.9 Å². The van der Waals surface area contributed by atoms with Crippen LogP contribution in [0.3, 0.4) is 0 Å². The monoisotopic (exact) mass is 247 g/mol. The minimum atomic E-state index is 0.201. The molecule has 0 radical (unpaired) electrons. The molecule has 0 amide bonds. The molecule has 1 aromatic heterocycles. The van der Waals surface area contributed by atoms with E-state index in [1.165, 1.54) is 10.9 Å². The molecule has 0 aliphatic rings. The second kappa shape index (κ2) is 5.50. The Balaban J connectivity index is 2.31. The van der Waals surface area contributed by atoms with Crippen LogP contribution in [-0.2, 0) is 6.42 Å². The van der Waals surface area contributed by atoms with Crippen LogP contribution in [0.5, 0.6) is 0 Å². The third-order valence-electron chi connectivity index (χ3n) is 3.04. The van der Waals surface area contributed by atoms with Gasteiger partial charge in [0.2, 0.25) is 0 Å². The zero-order valence-corrected chi connectivity index (χ0v) is 11.2. The summed E-state index contributed by atoms with van der Waals surface area (Å²) in [5, 5.41) is 1.41. The van der Waals surface area contributed by atoms with Crippen LogP contribution in [0.25, 0.3) is 10.9 Å². The molecule has 0 spiro atoms. The van der Waals surface area contributed by atoms with Gasteiger partial charge in [0, 0.05) is 22.9 Å². The molecule has 17 heavy (non-hydrogen) atoms. The van der Waals surface area contributed by atoms with E-state index in [1.54, 1.807) is 0 Å². The van der Waals surface area contributed by atoms with Gasteiger partial charge < -0.3 is 0 Å². The lowest BCUT2D eigenvalue weighted by atomic mass is 10.1. The number of benzene rings is 1. The molecule has 0 aliphatic heterocycles. The first-order valence-electron chi connectivity index (χ1n) is 6.20. The molecule has 1 unspecified atom stereocenters. The van der Waals surface area contributed by atoms with E-state index < -0.39 is 0 Å². The predicted octanol–water partition coefficient (Wildman–Crippen LogP) is 4.49. The van der Waals surface area contributed by atoms with Gasteiger partial charge in [-0.2, -0.15) is 0 Å². The number of rotatable bonds is 4. The van der Waals surface area contributed by atoms with E-state index in [1.807, 2.05) is 12.1 Å². The lowest BCUT2D eigenvalue weighted by Crippen LogP contribution is -2.06. The Bertz CT molecular complexity index is 507. The van der Waals surface area contributed by atoms with Gasteiger partial charge in [-0.15, -0.1) is 11.6 Å². The predicted molar refractivity (Wildman–Crippen MR) is 74.7 cm³/mol. The second-order valence-corrected chi connectivity index (χ2v) is 5.15. The van der Waals surface area contributed by atoms with E-state index in [4.69, 9.17) is 16.6 Å². The van der Waals surface area contributed by atoms with Crippen molar-refractivity contribution >= 4 is 22.5 Å². The highest BCUT2D eigenvalue weighted by molar-refractivity contribution is 6.20. The summed E-state index contributed by atoms with van der Waals surface area (Å²) in [6, 6.07) is 10.4. The number of hydrogen-bond donors (Lipinski definition) is 0. The summed E-state index contributed by atoms with van der Waals surface area (Å²) in [5.74, 6) is 0. The summed E-state index contributed by atoms with van der Waals surface area (Å²) in [5.41, 5.74) is 3.44. The molecule has 2 aromatic rings. The first-order chi connectivity index (χ1) is 8.20. The molecule has 1 aromatic carbocycles. The number of aryl methyl sites for hydroxylation is 1. The molecule has 2 rings (SSSR count). The van der Waals surface area contributed by atoms with Crippen molar-refractivity contribution in [3.8, 4) is 0 Å². The van der Waals surface area contributed by atoms with Crippen molar-refractivity contribution in [1.29, 1.82) is 0 Å². The maximum absolute atomic E-state index is 6.30. The van der Waals surface area contributed by atoms with Gasteiger partial charge in [-0.3, -0.25) is 4.98 Å². The largest absolute Gasteiger partial charge is 0.253 e. The van der Waals surface area contributed by atoms with Crippen LogP contribution in [0.15, 0.2) is 30.3 Å². The van der Waals surface area contributed by atoms with Gasteiger partial charge in [-0.05, 0) is 31.0 Å². The van der Waals surface area contributed by atoms with Gasteiger partial charge in [0.05, 0.1) is 5.52 Å². The lowest BCUT2D eigenvalue weighted by Gasteiger charge is -2.11. The number of pyridine rings is 1. The minimum absolute atomic E-state index is 0.201. The summed E-state index contributed by atoms with van der Waals surface area (Å²) < 4.78 is 0. The van der Waals surface area contributed by atoms with E-state index >= 15 is 0 Å². The number of aromatic nitrogens is 1. The first-order valence-corrected chi connectivity index (χ1v) is 6.63. The third kappa shape index (κ3) is 2.98. The molecule has 90 valence electrons. The number of para-hydroxylation sites is 1. The molecule has 1 atom stereocenters. The maximum Gasteiger partial charge on any atom is 0.0705 e. The number of fused-ring (bicyclic) bond motifs is 1. The van der Waals surface area contributed by atoms with Gasteiger partial charge in [-0.25, -0.2) is 0 Å². The molecule has 0 aliphatic carbocycles. The highest BCUT2D eigenvalue weighted by Gasteiger charge is 2.09. The smallest absolute Gasteiger partial charge is 0.0705 e. The molecular weight excluding hydrogens is 230 g/mol. The number of hydrogen-bond acceptors (Lipinski definition) is 1. The van der Waals surface area contributed by atoms with Crippen molar-refractivity contribution in [2.24, 2.45) is 0 Å². The highest BCUT2D eigenvalue weighted by Crippen LogP contribution is 2.19. The Morgan fingerprint density at radius 1 is 1.29 bits per heavy atom. The van der Waals surface area contributed by atoms with Crippen LogP contribution in [0.2, 0.25) is 0 Å². The first kappa shape index (κ1) is 12.4. The average Bonchev–Trinajstić information content (AvgIpc) is 2.30. The van der Waals surface area contributed by atoms with Crippen molar-refractivity contribution in [1.82, 2.24) is 4.98 Å². The van der Waals surface area contributed by atoms with Crippen LogP contribution in [0.4, 0.5) is 0 Å². The van der Waals surface area contributed by atoms with Crippen molar-refractivity contribution in [3.63, 3.8) is 0 Å². The van der Waals surface area contributed by atoms with Gasteiger partial charge in [0.15, 0.2) is 0 Å². The normalized spacial score (nSPS) is 12.9. The van der Waals surface area contributed by atoms with E-state index in [9.17, 15) is 0 Å². The SMILES string of the molecule is CCCC(Cl)Cc1nc2ccccc2cc1C. The van der Waals surface area contributed by atoms with Crippen molar-refractivity contribution in [3.05, 3.63) is 41.6 Å². The van der Waals surface area contributed by atoms with Crippen LogP contribution in [-0.4, -0.2) is 10.4 Å². The van der Waals surface area contributed by atoms with Crippen LogP contribution in [0, 0.1) is 6.92 Å². The Morgan fingerprint density at radius 3 is 2.82 bits per heavy atom. The lowest BCUT2D eigenvalue weighted by molar-refractivity contribution is 0.715. The number of alkyl halides is 1. The fraction of sp³-hybridized carbons (Fsp3) is 0.400. The van der Waals surface area contributed by atoms with Crippen LogP contribution in [0.1, 0.15) is 31.0 Å². The van der Waals surface area contributed by atoms with Crippen LogP contribution >= 0.6 is 11.6 Å². The number of halogens is 1. The summed E-state index contributed by atoms with van der Waals surface area (Å²) in [7, 11) is 0. The molecule has 1 nitrogen and oxygen atoms in total. The molecule has 0 saturated carbocycles. The summed E-state index contributed by atoms with van der Waals surface area (Å²) in [6.07, 6.45) is 3.04. The van der Waals surface area contributed by atoms with Crippen LogP contribution < -0.4 is 0 Å². The Labute approximate surface area is 108 Å². The molecule has 0 N–H and O–H groups in total. The average molecular weight is 248 g/mol. The Hall–Kier alpha value is -1.08. The Morgan fingerprint density at radius 2 is 2.06 bits per heavy atom. The molecule has 0 fully saturated rings. The summed E-state index contributed by atoms with van der Waals surface area (Å²) in [6.45, 7) is 4.28. The standard InChI is InChI=1S/C15H18ClN/c1-3-6-13(16)10-15-11(2)9-12-7-4-5-8-14(12)17-15/h4-5,7-9,13H,3,6,10H2,1-2H3. The van der Waals surface area contributed by atoms with Gasteiger partial charge >= 0.3 is 0 Å². The zero-order chi connectivity index (χ0) is 12.3. The second-order valence-electron chi connectivity index (χ2n) is 4.53. The van der Waals surface area contributed by atoms with E-state index in [2.05, 4.69) is 32.0 Å².